The summed E-state index contributed by atoms with van der Waals surface area (Å²) in [5, 5.41) is 18.3. The molecule has 4 heteroatoms. The van der Waals surface area contributed by atoms with Gasteiger partial charge in [0, 0.05) is 17.5 Å². The van der Waals surface area contributed by atoms with Crippen molar-refractivity contribution >= 4 is 22.6 Å². The molecule has 0 spiro atoms. The summed E-state index contributed by atoms with van der Waals surface area (Å²) in [6, 6.07) is 0. The average Bonchev–Trinajstić information content (AvgIpc) is 2.28. The lowest BCUT2D eigenvalue weighted by Crippen LogP contribution is -2.23. The zero-order valence-corrected chi connectivity index (χ0v) is 8.57. The van der Waals surface area contributed by atoms with Gasteiger partial charge in [-0.25, -0.2) is 0 Å². The second-order valence-corrected chi connectivity index (χ2v) is 4.02. The second-order valence-electron chi connectivity index (χ2n) is 2.94. The lowest BCUT2D eigenvalue weighted by atomic mass is 10.3. The van der Waals surface area contributed by atoms with E-state index in [1.807, 2.05) is 0 Å². The van der Waals surface area contributed by atoms with E-state index in [0.29, 0.717) is 13.1 Å². The van der Waals surface area contributed by atoms with Gasteiger partial charge in [0.15, 0.2) is 0 Å². The number of hydrogen-bond donors (Lipinski definition) is 2. The van der Waals surface area contributed by atoms with E-state index in [1.54, 1.807) is 0 Å². The zero-order valence-electron chi connectivity index (χ0n) is 6.41. The van der Waals surface area contributed by atoms with Crippen LogP contribution in [-0.4, -0.2) is 51.4 Å². The van der Waals surface area contributed by atoms with Gasteiger partial charge in [0.1, 0.15) is 0 Å². The first-order valence-corrected chi connectivity index (χ1v) is 5.41. The highest BCUT2D eigenvalue weighted by molar-refractivity contribution is 14.1. The molecule has 0 aromatic heterocycles. The maximum absolute atomic E-state index is 9.17. The van der Waals surface area contributed by atoms with Crippen LogP contribution in [-0.2, 0) is 0 Å². The molecular formula is C7H14INO2. The summed E-state index contributed by atoms with van der Waals surface area (Å²) in [6.07, 6.45) is 0.0911. The Hall–Kier alpha value is 0.610. The third kappa shape index (κ3) is 2.85. The Morgan fingerprint density at radius 2 is 1.82 bits per heavy atom. The van der Waals surface area contributed by atoms with Crippen LogP contribution in [0.15, 0.2) is 0 Å². The number of halogens is 1. The van der Waals surface area contributed by atoms with Gasteiger partial charge in [-0.05, 0) is 13.0 Å². The van der Waals surface area contributed by atoms with Crippen molar-refractivity contribution in [3.63, 3.8) is 0 Å². The van der Waals surface area contributed by atoms with Crippen LogP contribution in [0.5, 0.6) is 0 Å². The molecule has 1 fully saturated rings. The highest BCUT2D eigenvalue weighted by Crippen LogP contribution is 2.10. The number of likely N-dealkylation sites (tertiary alicyclic amines) is 1. The van der Waals surface area contributed by atoms with Gasteiger partial charge in [-0.1, -0.05) is 22.6 Å². The minimum absolute atomic E-state index is 0.524. The minimum Gasteiger partial charge on any atom is -0.389 e. The van der Waals surface area contributed by atoms with Crippen LogP contribution in [0.3, 0.4) is 0 Å². The van der Waals surface area contributed by atoms with Crippen molar-refractivity contribution in [3.05, 3.63) is 0 Å². The van der Waals surface area contributed by atoms with Crippen molar-refractivity contribution in [2.24, 2.45) is 0 Å². The van der Waals surface area contributed by atoms with Crippen LogP contribution in [0.25, 0.3) is 0 Å². The van der Waals surface area contributed by atoms with Crippen LogP contribution < -0.4 is 0 Å². The first kappa shape index (κ1) is 9.70. The van der Waals surface area contributed by atoms with Crippen molar-refractivity contribution in [1.29, 1.82) is 0 Å². The first-order valence-electron chi connectivity index (χ1n) is 3.88. The van der Waals surface area contributed by atoms with E-state index >= 15 is 0 Å². The maximum Gasteiger partial charge on any atom is 0.0938 e. The van der Waals surface area contributed by atoms with Crippen LogP contribution in [0, 0.1) is 0 Å². The Morgan fingerprint density at radius 1 is 1.27 bits per heavy atom. The van der Waals surface area contributed by atoms with E-state index in [9.17, 15) is 10.2 Å². The van der Waals surface area contributed by atoms with Crippen molar-refractivity contribution in [2.75, 3.05) is 24.1 Å². The predicted molar refractivity (Wildman–Crippen MR) is 52.0 cm³/mol. The summed E-state index contributed by atoms with van der Waals surface area (Å²) in [7, 11) is 0. The van der Waals surface area contributed by atoms with Crippen LogP contribution in [0.2, 0.25) is 0 Å². The van der Waals surface area contributed by atoms with Crippen molar-refractivity contribution in [3.8, 4) is 0 Å². The van der Waals surface area contributed by atoms with E-state index in [2.05, 4.69) is 27.5 Å². The van der Waals surface area contributed by atoms with Crippen molar-refractivity contribution in [1.82, 2.24) is 4.90 Å². The van der Waals surface area contributed by atoms with Crippen LogP contribution in [0.1, 0.15) is 6.42 Å². The quantitative estimate of drug-likeness (QED) is 0.554. The molecule has 0 aromatic carbocycles. The fourth-order valence-electron chi connectivity index (χ4n) is 1.31. The molecule has 0 aromatic rings. The molecule has 11 heavy (non-hydrogen) atoms. The summed E-state index contributed by atoms with van der Waals surface area (Å²) >= 11 is 2.33. The number of rotatable bonds is 3. The maximum atomic E-state index is 9.17. The van der Waals surface area contributed by atoms with E-state index in [0.717, 1.165) is 17.4 Å². The van der Waals surface area contributed by atoms with Gasteiger partial charge in [0.25, 0.3) is 0 Å². The van der Waals surface area contributed by atoms with Gasteiger partial charge in [-0.15, -0.1) is 0 Å². The normalized spacial score (nSPS) is 33.0. The summed E-state index contributed by atoms with van der Waals surface area (Å²) in [5.41, 5.74) is 0. The number of hydrogen-bond acceptors (Lipinski definition) is 3. The first-order chi connectivity index (χ1) is 5.24. The lowest BCUT2D eigenvalue weighted by Gasteiger charge is -2.12. The van der Waals surface area contributed by atoms with Gasteiger partial charge >= 0.3 is 0 Å². The molecule has 0 amide bonds. The molecule has 1 saturated heterocycles. The highest BCUT2D eigenvalue weighted by atomic mass is 127. The molecule has 0 aliphatic carbocycles. The third-order valence-corrected chi connectivity index (χ3v) is 2.71. The lowest BCUT2D eigenvalue weighted by molar-refractivity contribution is 0.0572. The van der Waals surface area contributed by atoms with Gasteiger partial charge in [0.2, 0.25) is 0 Å². The molecule has 2 atom stereocenters. The molecular weight excluding hydrogens is 257 g/mol. The Bertz CT molecular complexity index is 113. The summed E-state index contributed by atoms with van der Waals surface area (Å²) in [6.45, 7) is 2.27. The molecule has 66 valence electrons. The number of aliphatic hydroxyl groups excluding tert-OH is 2. The number of aliphatic hydroxyl groups is 2. The van der Waals surface area contributed by atoms with Gasteiger partial charge in [0.05, 0.1) is 12.2 Å². The number of alkyl halides is 1. The topological polar surface area (TPSA) is 43.7 Å². The highest BCUT2D eigenvalue weighted by Gasteiger charge is 2.28. The molecule has 0 bridgehead atoms. The van der Waals surface area contributed by atoms with Crippen molar-refractivity contribution < 1.29 is 10.2 Å². The second kappa shape index (κ2) is 4.59. The average molecular weight is 271 g/mol. The molecule has 1 heterocycles. The van der Waals surface area contributed by atoms with Crippen LogP contribution in [0.4, 0.5) is 0 Å². The molecule has 2 N–H and O–H groups in total. The van der Waals surface area contributed by atoms with Gasteiger partial charge in [-0.2, -0.15) is 0 Å². The Kier molecular flexibility index (Phi) is 4.05. The standard InChI is InChI=1S/C7H14INO2/c8-2-1-3-9-4-6(10)7(11)5-9/h6-7,10-11H,1-5H2/t6-,7+. The van der Waals surface area contributed by atoms with Gasteiger partial charge < -0.3 is 10.2 Å². The molecule has 1 aliphatic rings. The Labute approximate surface area is 80.5 Å². The monoisotopic (exact) mass is 271 g/mol. The van der Waals surface area contributed by atoms with E-state index < -0.39 is 12.2 Å². The largest absolute Gasteiger partial charge is 0.389 e. The molecule has 0 radical (unpaired) electrons. The summed E-state index contributed by atoms with van der Waals surface area (Å²) in [5.74, 6) is 0. The number of nitrogens with zero attached hydrogens (tertiary/aromatic N) is 1. The zero-order chi connectivity index (χ0) is 8.27. The molecule has 0 saturated carbocycles. The molecule has 0 unspecified atom stereocenters. The molecule has 3 nitrogen and oxygen atoms in total. The fourth-order valence-corrected chi connectivity index (χ4v) is 1.65. The van der Waals surface area contributed by atoms with E-state index in [4.69, 9.17) is 0 Å². The van der Waals surface area contributed by atoms with Gasteiger partial charge in [-0.3, -0.25) is 4.90 Å². The van der Waals surface area contributed by atoms with E-state index in [1.165, 1.54) is 0 Å². The Balaban J connectivity index is 2.18. The summed E-state index contributed by atoms with van der Waals surface area (Å²) < 4.78 is 1.14. The predicted octanol–water partition coefficient (Wildman–Crippen LogP) is -0.151. The summed E-state index contributed by atoms with van der Waals surface area (Å²) in [4.78, 5) is 2.11. The fraction of sp³-hybridized carbons (Fsp3) is 1.00. The SMILES string of the molecule is O[C@@H]1CN(CCCI)C[C@@H]1O. The van der Waals surface area contributed by atoms with Crippen LogP contribution >= 0.6 is 22.6 Å². The Morgan fingerprint density at radius 3 is 2.27 bits per heavy atom. The molecule has 1 rings (SSSR count). The smallest absolute Gasteiger partial charge is 0.0938 e. The third-order valence-electron chi connectivity index (χ3n) is 1.94. The minimum atomic E-state index is -0.524. The van der Waals surface area contributed by atoms with E-state index in [-0.39, 0.29) is 0 Å². The number of β-amino-alcohol motifs (C(OH)–C–C–N with tert-alkyl or cyclic N) is 2. The molecule has 1 aliphatic heterocycles. The van der Waals surface area contributed by atoms with Crippen molar-refractivity contribution in [2.45, 2.75) is 18.6 Å².